The Hall–Kier alpha value is -3.91. The monoisotopic (exact) mass is 514 g/mol. The summed E-state index contributed by atoms with van der Waals surface area (Å²) in [6.07, 6.45) is 0.149. The number of hydrogen-bond acceptors (Lipinski definition) is 8. The molecule has 12 nitrogen and oxygen atoms in total. The highest BCUT2D eigenvalue weighted by Gasteiger charge is 2.25. The van der Waals surface area contributed by atoms with Crippen LogP contribution in [0.15, 0.2) is 68.7 Å². The van der Waals surface area contributed by atoms with E-state index >= 15 is 0 Å². The number of carbonyl (C=O) groups is 1. The molecule has 0 spiro atoms. The van der Waals surface area contributed by atoms with Crippen molar-refractivity contribution in [2.45, 2.75) is 16.6 Å². The van der Waals surface area contributed by atoms with Crippen molar-refractivity contribution >= 4 is 55.3 Å². The van der Waals surface area contributed by atoms with Gasteiger partial charge in [0.05, 0.1) is 30.6 Å². The second kappa shape index (κ2) is 10.1. The van der Waals surface area contributed by atoms with Crippen LogP contribution in [-0.2, 0) is 14.8 Å². The van der Waals surface area contributed by atoms with Gasteiger partial charge in [0.1, 0.15) is 15.7 Å². The fourth-order valence-corrected chi connectivity index (χ4v) is 5.88. The zero-order valence-corrected chi connectivity index (χ0v) is 20.1. The van der Waals surface area contributed by atoms with Crippen LogP contribution in [0, 0.1) is 5.53 Å². The molecule has 35 heavy (non-hydrogen) atoms. The summed E-state index contributed by atoms with van der Waals surface area (Å²) in [5, 5.41) is 9.77. The summed E-state index contributed by atoms with van der Waals surface area (Å²) in [5.74, 6) is -0.352. The summed E-state index contributed by atoms with van der Waals surface area (Å²) in [6.45, 7) is 0.427. The van der Waals surface area contributed by atoms with E-state index in [4.69, 9.17) is 16.0 Å². The quantitative estimate of drug-likeness (QED) is 0.133. The number of rotatable bonds is 8. The minimum absolute atomic E-state index is 0.0326. The smallest absolute Gasteiger partial charge is 0.265 e. The number of ether oxygens (including phenoxy) is 1. The second-order valence-electron chi connectivity index (χ2n) is 7.43. The number of carbonyl (C=O) groups excluding carboxylic acids is 1. The van der Waals surface area contributed by atoms with E-state index in [1.54, 1.807) is 30.3 Å². The van der Waals surface area contributed by atoms with E-state index in [2.05, 4.69) is 30.3 Å². The molecule has 1 amide bonds. The fraction of sp³-hybridized carbons (Fsp3) is 0.190. The van der Waals surface area contributed by atoms with E-state index in [1.165, 1.54) is 24.9 Å². The molecular formula is C21H22N8O4S2. The highest BCUT2D eigenvalue weighted by Crippen LogP contribution is 2.32. The maximum absolute atomic E-state index is 13.0. The molecule has 0 radical (unpaired) electrons. The number of aromatic nitrogens is 1. The first kappa shape index (κ1) is 24.2. The van der Waals surface area contributed by atoms with Crippen molar-refractivity contribution in [1.29, 1.82) is 5.53 Å². The summed E-state index contributed by atoms with van der Waals surface area (Å²) in [6, 6.07) is 13.5. The molecule has 0 bridgehead atoms. The Labute approximate surface area is 205 Å². The van der Waals surface area contributed by atoms with Gasteiger partial charge in [0.2, 0.25) is 11.9 Å². The molecule has 182 valence electrons. The van der Waals surface area contributed by atoms with Crippen molar-refractivity contribution in [3.63, 3.8) is 0 Å². The van der Waals surface area contributed by atoms with E-state index in [1.807, 2.05) is 12.1 Å². The standard InChI is InChI=1S/C21H22N8O4S2/c1-33-16-7-2-3-8-17(16)35(31,32)28-14-6-4-5-12-9-15(25-19(12)14)20-24-11-13(34-20)10-18(30)26-21(22)27-29-23/h2-9,13,25,28H,10-11H2,1H3,(H4,22,23,26,27,30). The van der Waals surface area contributed by atoms with Crippen molar-refractivity contribution in [2.75, 3.05) is 18.4 Å². The Kier molecular flexibility index (Phi) is 7.02. The lowest BCUT2D eigenvalue weighted by Crippen LogP contribution is -2.37. The molecule has 6 N–H and O–H groups in total. The van der Waals surface area contributed by atoms with E-state index in [-0.39, 0.29) is 34.2 Å². The van der Waals surface area contributed by atoms with Gasteiger partial charge in [0, 0.05) is 17.1 Å². The van der Waals surface area contributed by atoms with Gasteiger partial charge < -0.3 is 15.5 Å². The van der Waals surface area contributed by atoms with Crippen molar-refractivity contribution in [2.24, 2.45) is 21.1 Å². The summed E-state index contributed by atoms with van der Waals surface area (Å²) in [4.78, 5) is 19.9. The van der Waals surface area contributed by atoms with Crippen LogP contribution in [0.2, 0.25) is 0 Å². The van der Waals surface area contributed by atoms with E-state index in [0.29, 0.717) is 28.5 Å². The van der Waals surface area contributed by atoms with Crippen molar-refractivity contribution in [1.82, 2.24) is 10.3 Å². The molecule has 0 saturated carbocycles. The number of H-pyrrole nitrogens is 1. The molecule has 0 saturated heterocycles. The molecule has 14 heteroatoms. The van der Waals surface area contributed by atoms with Crippen LogP contribution in [0.5, 0.6) is 5.75 Å². The molecule has 1 aromatic heterocycles. The molecule has 1 unspecified atom stereocenters. The minimum Gasteiger partial charge on any atom is -0.495 e. The van der Waals surface area contributed by atoms with Gasteiger partial charge in [-0.15, -0.1) is 0 Å². The minimum atomic E-state index is -3.91. The normalized spacial score (nSPS) is 16.1. The van der Waals surface area contributed by atoms with Gasteiger partial charge in [-0.25, -0.2) is 8.42 Å². The molecule has 0 fully saturated rings. The molecular weight excluding hydrogens is 492 g/mol. The third-order valence-electron chi connectivity index (χ3n) is 5.04. The third-order valence-corrected chi connectivity index (χ3v) is 7.67. The fourth-order valence-electron chi connectivity index (χ4n) is 3.55. The van der Waals surface area contributed by atoms with E-state index in [0.717, 1.165) is 5.39 Å². The Morgan fingerprint density at radius 3 is 2.89 bits per heavy atom. The number of fused-ring (bicyclic) bond motifs is 1. The first-order chi connectivity index (χ1) is 16.8. The number of nitrogens with one attached hydrogen (secondary N) is 4. The topological polar surface area (TPSA) is 187 Å². The zero-order chi connectivity index (χ0) is 25.0. The van der Waals surface area contributed by atoms with Crippen LogP contribution < -0.4 is 20.5 Å². The maximum atomic E-state index is 13.0. The van der Waals surface area contributed by atoms with Gasteiger partial charge in [-0.1, -0.05) is 41.1 Å². The summed E-state index contributed by atoms with van der Waals surface area (Å²) < 4.78 is 33.9. The van der Waals surface area contributed by atoms with Crippen LogP contribution in [0.3, 0.4) is 0 Å². The number of aliphatic imine (C=N–C) groups is 1. The number of para-hydroxylation sites is 2. The van der Waals surface area contributed by atoms with Crippen LogP contribution in [0.4, 0.5) is 5.69 Å². The summed E-state index contributed by atoms with van der Waals surface area (Å²) in [5.41, 5.74) is 13.8. The first-order valence-electron chi connectivity index (χ1n) is 10.3. The molecule has 0 aliphatic carbocycles. The van der Waals surface area contributed by atoms with E-state index < -0.39 is 10.0 Å². The number of anilines is 1. The van der Waals surface area contributed by atoms with Crippen LogP contribution in [-0.4, -0.2) is 49.2 Å². The number of benzene rings is 2. The average molecular weight is 515 g/mol. The number of guanidine groups is 1. The molecule has 1 aliphatic heterocycles. The highest BCUT2D eigenvalue weighted by atomic mass is 32.2. The summed E-state index contributed by atoms with van der Waals surface area (Å²) in [7, 11) is -2.49. The molecule has 2 aromatic carbocycles. The third kappa shape index (κ3) is 5.44. The first-order valence-corrected chi connectivity index (χ1v) is 12.7. The lowest BCUT2D eigenvalue weighted by Gasteiger charge is -2.12. The van der Waals surface area contributed by atoms with Gasteiger partial charge in [-0.05, 0) is 29.5 Å². The Morgan fingerprint density at radius 1 is 1.31 bits per heavy atom. The number of thioether (sulfide) groups is 1. The van der Waals surface area contributed by atoms with Gasteiger partial charge in [0.15, 0.2) is 0 Å². The average Bonchev–Trinajstić information content (AvgIpc) is 3.46. The number of nitrogens with zero attached hydrogens (tertiary/aromatic N) is 3. The number of methoxy groups -OCH3 is 1. The van der Waals surface area contributed by atoms with E-state index in [9.17, 15) is 13.2 Å². The van der Waals surface area contributed by atoms with Crippen molar-refractivity contribution in [3.05, 3.63) is 54.2 Å². The van der Waals surface area contributed by atoms with Crippen LogP contribution >= 0.6 is 11.8 Å². The lowest BCUT2D eigenvalue weighted by molar-refractivity contribution is -0.119. The molecule has 1 aliphatic rings. The van der Waals surface area contributed by atoms with Gasteiger partial charge >= 0.3 is 0 Å². The predicted molar refractivity (Wildman–Crippen MR) is 134 cm³/mol. The number of amides is 1. The zero-order valence-electron chi connectivity index (χ0n) is 18.5. The lowest BCUT2D eigenvalue weighted by atomic mass is 10.2. The second-order valence-corrected chi connectivity index (χ2v) is 10.4. The molecule has 4 rings (SSSR count). The molecule has 2 heterocycles. The Morgan fingerprint density at radius 2 is 2.11 bits per heavy atom. The van der Waals surface area contributed by atoms with Gasteiger partial charge in [-0.3, -0.25) is 19.8 Å². The SMILES string of the molecule is COc1ccccc1S(=O)(=O)Nc1cccc2cc(C3=NCC(CC(=O)N/C(N)=N/N=N)S3)[nH]c12. The Balaban J connectivity index is 1.51. The molecule has 1 atom stereocenters. The van der Waals surface area contributed by atoms with Crippen molar-refractivity contribution < 1.29 is 17.9 Å². The van der Waals surface area contributed by atoms with Crippen LogP contribution in [0.1, 0.15) is 12.1 Å². The van der Waals surface area contributed by atoms with Gasteiger partial charge in [0.25, 0.3) is 10.0 Å². The van der Waals surface area contributed by atoms with Crippen LogP contribution in [0.25, 0.3) is 10.9 Å². The Bertz CT molecular complexity index is 1450. The predicted octanol–water partition coefficient (Wildman–Crippen LogP) is 2.61. The van der Waals surface area contributed by atoms with Crippen molar-refractivity contribution in [3.8, 4) is 5.75 Å². The van der Waals surface area contributed by atoms with Gasteiger partial charge in [-0.2, -0.15) is 5.53 Å². The highest BCUT2D eigenvalue weighted by molar-refractivity contribution is 8.15. The number of nitrogens with two attached hydrogens (primary N) is 1. The molecule has 3 aromatic rings. The number of hydrogen-bond donors (Lipinski definition) is 5. The number of sulfonamides is 1. The largest absolute Gasteiger partial charge is 0.495 e. The number of aromatic amines is 1. The maximum Gasteiger partial charge on any atom is 0.265 e. The summed E-state index contributed by atoms with van der Waals surface area (Å²) >= 11 is 1.43.